The van der Waals surface area contributed by atoms with Gasteiger partial charge in [-0.1, -0.05) is 117 Å². The molecule has 3 fully saturated rings. The van der Waals surface area contributed by atoms with E-state index in [1.807, 2.05) is 75.5 Å². The molecule has 3 aliphatic rings. The van der Waals surface area contributed by atoms with Crippen molar-refractivity contribution in [2.24, 2.45) is 65.1 Å². The molecular formula is C46H77N3O10Y-2. The van der Waals surface area contributed by atoms with Gasteiger partial charge in [0, 0.05) is 101 Å². The summed E-state index contributed by atoms with van der Waals surface area (Å²) in [4.78, 5) is 117. The van der Waals surface area contributed by atoms with Crippen LogP contribution in [0.15, 0.2) is 0 Å². The van der Waals surface area contributed by atoms with Gasteiger partial charge in [0.15, 0.2) is 5.78 Å². The molecule has 0 aromatic heterocycles. The number of nitrogens with zero attached hydrogens (tertiary/aromatic N) is 3. The quantitative estimate of drug-likeness (QED) is 0.118. The number of carbonyl (C=O) groups is 8. The van der Waals surface area contributed by atoms with Crippen molar-refractivity contribution in [3.05, 3.63) is 0 Å². The third kappa shape index (κ3) is 22.9. The largest absolute Gasteiger partial charge is 0.542 e. The van der Waals surface area contributed by atoms with Gasteiger partial charge in [0.05, 0.1) is 6.54 Å². The van der Waals surface area contributed by atoms with Crippen LogP contribution in [-0.2, 0) is 80.7 Å². The van der Waals surface area contributed by atoms with Crippen LogP contribution in [-0.4, -0.2) is 93.9 Å². The molecule has 0 bridgehead atoms. The van der Waals surface area contributed by atoms with E-state index in [-0.39, 0.29) is 166 Å². The minimum atomic E-state index is -0.243. The van der Waals surface area contributed by atoms with Gasteiger partial charge in [0.1, 0.15) is 5.78 Å². The van der Waals surface area contributed by atoms with E-state index in [2.05, 4.69) is 13.8 Å². The maximum atomic E-state index is 12.2. The second kappa shape index (κ2) is 31.1. The SMILES string of the molecule is CC(C)C(=O)CN1C(=O)CC(C(C)C)C1=O.CC(C)C1CC(=O)N(CCCN2C(=O)CC(C(C)C)C2=O)C1=O.CC(C)CC(=O)C(C)C.CC(C)C[C-]=O.CC(C)[C-]=O.[Y]. The van der Waals surface area contributed by atoms with Crippen LogP contribution < -0.4 is 0 Å². The molecule has 60 heavy (non-hydrogen) atoms. The smallest absolute Gasteiger partial charge is 0.233 e. The van der Waals surface area contributed by atoms with Crippen molar-refractivity contribution in [3.8, 4) is 0 Å². The van der Waals surface area contributed by atoms with Crippen LogP contribution in [0, 0.1) is 65.1 Å². The first kappa shape index (κ1) is 61.5. The minimum Gasteiger partial charge on any atom is -0.542 e. The number of carbonyl (C=O) groups excluding carboxylic acids is 10. The molecule has 3 aliphatic heterocycles. The summed E-state index contributed by atoms with van der Waals surface area (Å²) in [6, 6.07) is 0. The summed E-state index contributed by atoms with van der Waals surface area (Å²) < 4.78 is 0. The number of hydrogen-bond donors (Lipinski definition) is 0. The van der Waals surface area contributed by atoms with Crippen molar-refractivity contribution in [1.29, 1.82) is 0 Å². The zero-order chi connectivity index (χ0) is 46.5. The number of hydrogen-bond acceptors (Lipinski definition) is 10. The Morgan fingerprint density at radius 3 is 1.05 bits per heavy atom. The summed E-state index contributed by atoms with van der Waals surface area (Å²) in [5.41, 5.74) is 0. The van der Waals surface area contributed by atoms with Gasteiger partial charge in [0.2, 0.25) is 35.4 Å². The Morgan fingerprint density at radius 1 is 0.533 bits per heavy atom. The van der Waals surface area contributed by atoms with Crippen LogP contribution in [0.3, 0.4) is 0 Å². The summed E-state index contributed by atoms with van der Waals surface area (Å²) in [7, 11) is 0. The third-order valence-corrected chi connectivity index (χ3v) is 9.95. The number of ketones is 2. The molecule has 1 radical (unpaired) electrons. The van der Waals surface area contributed by atoms with Crippen LogP contribution in [0.2, 0.25) is 0 Å². The summed E-state index contributed by atoms with van der Waals surface area (Å²) in [5.74, 6) is 0.254. The molecule has 0 aromatic carbocycles. The predicted molar refractivity (Wildman–Crippen MR) is 228 cm³/mol. The molecule has 3 rings (SSSR count). The van der Waals surface area contributed by atoms with Crippen LogP contribution in [0.1, 0.15) is 149 Å². The predicted octanol–water partition coefficient (Wildman–Crippen LogP) is 6.83. The minimum absolute atomic E-state index is 0. The van der Waals surface area contributed by atoms with Crippen LogP contribution in [0.5, 0.6) is 0 Å². The van der Waals surface area contributed by atoms with Crippen molar-refractivity contribution in [2.45, 2.75) is 149 Å². The molecule has 3 atom stereocenters. The van der Waals surface area contributed by atoms with Crippen LogP contribution in [0.25, 0.3) is 0 Å². The first-order valence-corrected chi connectivity index (χ1v) is 21.5. The Bertz CT molecular complexity index is 1370. The van der Waals surface area contributed by atoms with E-state index in [1.165, 1.54) is 9.80 Å². The van der Waals surface area contributed by atoms with E-state index in [4.69, 9.17) is 0 Å². The zero-order valence-corrected chi connectivity index (χ0v) is 42.6. The first-order chi connectivity index (χ1) is 27.2. The molecule has 0 aliphatic carbocycles. The molecule has 0 N–H and O–H groups in total. The molecule has 341 valence electrons. The maximum absolute atomic E-state index is 12.2. The molecule has 6 amide bonds. The fraction of sp³-hybridized carbons (Fsp3) is 0.783. The van der Waals surface area contributed by atoms with Crippen molar-refractivity contribution >= 4 is 59.6 Å². The van der Waals surface area contributed by atoms with Crippen LogP contribution in [0.4, 0.5) is 0 Å². The van der Waals surface area contributed by atoms with Gasteiger partial charge in [-0.25, -0.2) is 0 Å². The van der Waals surface area contributed by atoms with Crippen molar-refractivity contribution in [1.82, 2.24) is 14.7 Å². The van der Waals surface area contributed by atoms with Gasteiger partial charge >= 0.3 is 0 Å². The molecule has 3 heterocycles. The number of imide groups is 3. The Morgan fingerprint density at radius 2 is 0.850 bits per heavy atom. The Labute approximate surface area is 386 Å². The fourth-order valence-corrected chi connectivity index (χ4v) is 5.85. The second-order valence-electron chi connectivity index (χ2n) is 18.5. The molecule has 0 saturated carbocycles. The van der Waals surface area contributed by atoms with E-state index in [0.717, 1.165) is 11.3 Å². The monoisotopic (exact) mass is 920 g/mol. The number of rotatable bonds is 16. The molecule has 0 spiro atoms. The van der Waals surface area contributed by atoms with E-state index in [9.17, 15) is 47.9 Å². The van der Waals surface area contributed by atoms with Crippen LogP contribution >= 0.6 is 0 Å². The van der Waals surface area contributed by atoms with E-state index in [1.54, 1.807) is 34.0 Å². The summed E-state index contributed by atoms with van der Waals surface area (Å²) in [5, 5.41) is 0. The molecular weight excluding hydrogens is 843 g/mol. The van der Waals surface area contributed by atoms with Gasteiger partial charge in [0.25, 0.3) is 0 Å². The second-order valence-corrected chi connectivity index (χ2v) is 18.5. The first-order valence-electron chi connectivity index (χ1n) is 21.5. The Hall–Kier alpha value is -2.80. The Balaban J connectivity index is -0.000000761. The number of amides is 6. The molecule has 13 nitrogen and oxygen atoms in total. The van der Waals surface area contributed by atoms with Gasteiger partial charge in [-0.2, -0.15) is 6.42 Å². The molecule has 3 saturated heterocycles. The molecule has 3 unspecified atom stereocenters. The van der Waals surface area contributed by atoms with E-state index < -0.39 is 0 Å². The molecule has 0 aromatic rings. The average Bonchev–Trinajstić information content (AvgIpc) is 3.69. The van der Waals surface area contributed by atoms with Gasteiger partial charge < -0.3 is 9.59 Å². The normalized spacial score (nSPS) is 18.8. The average molecular weight is 921 g/mol. The molecule has 14 heteroatoms. The fourth-order valence-electron chi connectivity index (χ4n) is 5.85. The number of Topliss-reactive ketones (excluding diaryl/α,β-unsaturated/α-hetero) is 2. The summed E-state index contributed by atoms with van der Waals surface area (Å²) in [6.45, 7) is 31.3. The zero-order valence-electron chi connectivity index (χ0n) is 39.7. The maximum Gasteiger partial charge on any atom is 0.233 e. The van der Waals surface area contributed by atoms with E-state index in [0.29, 0.717) is 30.5 Å². The van der Waals surface area contributed by atoms with Gasteiger partial charge in [-0.15, -0.1) is 5.92 Å². The van der Waals surface area contributed by atoms with E-state index >= 15 is 0 Å². The topological polar surface area (TPSA) is 180 Å². The van der Waals surface area contributed by atoms with Crippen molar-refractivity contribution in [2.75, 3.05) is 19.6 Å². The Kier molecular flexibility index (Phi) is 31.9. The standard InChI is InChI=1S/C17H26N2O4.C12H19NO3.C8H16O.C5H9O.C4H7O.Y/c1-10(2)12-8-14(20)18(16(12)22)6-5-7-19-15(21)9-13(11(3)4)17(19)23;1-7(2)9-5-11(15)13(12(9)16)6-10(14)8(3)4;1-6(2)5-8(9)7(3)4;1-5(2)3-4-6;1-4(2)3-5;/h10-13H,5-9H2,1-4H3;7-9H,5-6H2,1-4H3;6-7H,5H2,1-4H3;5H,3H2,1-2H3;4H,1-2H3;/q;;;2*-1;. The van der Waals surface area contributed by atoms with Crippen molar-refractivity contribution < 1.29 is 80.7 Å². The van der Waals surface area contributed by atoms with Gasteiger partial charge in [-0.3, -0.25) is 65.6 Å². The third-order valence-electron chi connectivity index (χ3n) is 9.95. The summed E-state index contributed by atoms with van der Waals surface area (Å²) >= 11 is 0. The number of likely N-dealkylation sites (tertiary alicyclic amines) is 3. The van der Waals surface area contributed by atoms with Gasteiger partial charge in [-0.05, 0) is 30.1 Å². The summed E-state index contributed by atoms with van der Waals surface area (Å²) in [6.07, 6.45) is 6.14. The van der Waals surface area contributed by atoms with Crippen molar-refractivity contribution in [3.63, 3.8) is 0 Å².